The average molecular weight is 476 g/mol. The Morgan fingerprint density at radius 3 is 2.86 bits per heavy atom. The van der Waals surface area contributed by atoms with Gasteiger partial charge < -0.3 is 23.8 Å². The van der Waals surface area contributed by atoms with Crippen molar-refractivity contribution in [3.63, 3.8) is 0 Å². The van der Waals surface area contributed by atoms with E-state index in [4.69, 9.17) is 18.9 Å². The monoisotopic (exact) mass is 475 g/mol. The number of carbonyl (C=O) groups is 2. The van der Waals surface area contributed by atoms with Crippen molar-refractivity contribution in [1.82, 2.24) is 4.90 Å². The van der Waals surface area contributed by atoms with Crippen LogP contribution in [0.3, 0.4) is 0 Å². The fourth-order valence-corrected chi connectivity index (χ4v) is 6.69. The zero-order valence-electron chi connectivity index (χ0n) is 20.2. The molecule has 1 spiro atoms. The molecule has 2 bridgehead atoms. The predicted molar refractivity (Wildman–Crippen MR) is 128 cm³/mol. The molecule has 1 unspecified atom stereocenters. The van der Waals surface area contributed by atoms with Gasteiger partial charge >= 0.3 is 11.9 Å². The fraction of sp³-hybridized carbons (Fsp3) is 0.429. The molecule has 0 aromatic heterocycles. The van der Waals surface area contributed by atoms with E-state index < -0.39 is 6.10 Å². The normalized spacial score (nSPS) is 29.7. The van der Waals surface area contributed by atoms with Crippen molar-refractivity contribution < 1.29 is 28.5 Å². The van der Waals surface area contributed by atoms with Gasteiger partial charge in [0.2, 0.25) is 0 Å². The molecule has 6 rings (SSSR count). The number of nitrogens with zero attached hydrogens (tertiary/aromatic N) is 1. The molecule has 2 aromatic carbocycles. The lowest BCUT2D eigenvalue weighted by atomic mass is 9.53. The Kier molecular flexibility index (Phi) is 5.14. The second-order valence-corrected chi connectivity index (χ2v) is 9.99. The van der Waals surface area contributed by atoms with Crippen LogP contribution in [-0.2, 0) is 32.6 Å². The highest BCUT2D eigenvalue weighted by Crippen LogP contribution is 2.62. The number of rotatable bonds is 5. The summed E-state index contributed by atoms with van der Waals surface area (Å²) < 4.78 is 23.5. The topological polar surface area (TPSA) is 74.3 Å². The van der Waals surface area contributed by atoms with E-state index in [0.717, 1.165) is 30.5 Å². The van der Waals surface area contributed by atoms with E-state index in [1.165, 1.54) is 12.5 Å². The number of esters is 2. The summed E-state index contributed by atoms with van der Waals surface area (Å²) in [6, 6.07) is 11.7. The van der Waals surface area contributed by atoms with Crippen molar-refractivity contribution >= 4 is 11.9 Å². The average Bonchev–Trinajstić information content (AvgIpc) is 3.19. The maximum Gasteiger partial charge on any atom is 0.310 e. The minimum atomic E-state index is -0.531. The molecule has 0 saturated carbocycles. The third-order valence-electron chi connectivity index (χ3n) is 8.12. The van der Waals surface area contributed by atoms with Crippen LogP contribution in [0.25, 0.3) is 0 Å². The molecule has 7 nitrogen and oxygen atoms in total. The molecule has 0 N–H and O–H groups in total. The number of ether oxygens (including phenoxy) is 4. The van der Waals surface area contributed by atoms with Crippen LogP contribution in [0.4, 0.5) is 0 Å². The van der Waals surface area contributed by atoms with Gasteiger partial charge in [-0.1, -0.05) is 24.3 Å². The number of methoxy groups -OCH3 is 1. The second kappa shape index (κ2) is 8.12. The summed E-state index contributed by atoms with van der Waals surface area (Å²) in [5.74, 6) is 1.31. The van der Waals surface area contributed by atoms with Gasteiger partial charge in [0.25, 0.3) is 0 Å². The van der Waals surface area contributed by atoms with Crippen molar-refractivity contribution in [2.75, 3.05) is 20.7 Å². The summed E-state index contributed by atoms with van der Waals surface area (Å²) in [4.78, 5) is 27.2. The SMILES string of the molecule is COc1cccc(CC(=O)O[C@H]2C=C[C@H]3[C@H]4Cc5ccc(OC(C)=O)c6c5[C@@]3(CCN4C)C2O6)c1. The van der Waals surface area contributed by atoms with E-state index in [0.29, 0.717) is 23.3 Å². The molecular weight excluding hydrogens is 446 g/mol. The quantitative estimate of drug-likeness (QED) is 0.373. The smallest absolute Gasteiger partial charge is 0.310 e. The number of carbonyl (C=O) groups excluding carboxylic acids is 2. The Morgan fingerprint density at radius 2 is 2.06 bits per heavy atom. The highest BCUT2D eigenvalue weighted by molar-refractivity contribution is 5.74. The van der Waals surface area contributed by atoms with Crippen molar-refractivity contribution in [3.05, 3.63) is 65.2 Å². The standard InChI is InChI=1S/C28H29NO6/c1-16(30)33-22-9-7-18-15-21-20-8-10-23(34-24(31)14-17-5-4-6-19(13-17)32-3)27-28(20,11-12-29(21)2)25(18)26(22)35-27/h4-10,13,20-21,23,27H,11-12,14-15H2,1-3H3/t20-,21+,23-,27?,28-/m0/s1. The predicted octanol–water partition coefficient (Wildman–Crippen LogP) is 3.22. The largest absolute Gasteiger partial charge is 0.497 e. The van der Waals surface area contributed by atoms with Crippen molar-refractivity contribution in [1.29, 1.82) is 0 Å². The van der Waals surface area contributed by atoms with Crippen LogP contribution in [0, 0.1) is 5.92 Å². The zero-order valence-corrected chi connectivity index (χ0v) is 20.2. The van der Waals surface area contributed by atoms with Gasteiger partial charge in [-0.15, -0.1) is 0 Å². The molecule has 0 radical (unpaired) electrons. The molecule has 0 amide bonds. The Hall–Kier alpha value is -3.32. The van der Waals surface area contributed by atoms with Crippen LogP contribution in [-0.4, -0.2) is 55.8 Å². The molecule has 2 aromatic rings. The molecule has 4 aliphatic rings. The molecule has 35 heavy (non-hydrogen) atoms. The lowest BCUT2D eigenvalue weighted by Gasteiger charge is -2.56. The molecule has 2 aliphatic heterocycles. The highest BCUT2D eigenvalue weighted by Gasteiger charge is 2.65. The number of benzene rings is 2. The lowest BCUT2D eigenvalue weighted by molar-refractivity contribution is -0.154. The van der Waals surface area contributed by atoms with E-state index in [1.54, 1.807) is 7.11 Å². The minimum Gasteiger partial charge on any atom is -0.497 e. The molecule has 5 atom stereocenters. The van der Waals surface area contributed by atoms with E-state index in [9.17, 15) is 9.59 Å². The number of piperidine rings is 1. The molecule has 1 saturated heterocycles. The summed E-state index contributed by atoms with van der Waals surface area (Å²) >= 11 is 0. The first-order valence-corrected chi connectivity index (χ1v) is 12.1. The maximum absolute atomic E-state index is 13.0. The summed E-state index contributed by atoms with van der Waals surface area (Å²) in [6.07, 6.45) is 5.25. The fourth-order valence-electron chi connectivity index (χ4n) is 6.69. The van der Waals surface area contributed by atoms with Crippen LogP contribution in [0.1, 0.15) is 30.0 Å². The van der Waals surface area contributed by atoms with Gasteiger partial charge in [0.05, 0.1) is 13.5 Å². The van der Waals surface area contributed by atoms with Crippen molar-refractivity contribution in [2.45, 2.75) is 49.9 Å². The molecule has 2 heterocycles. The van der Waals surface area contributed by atoms with Crippen LogP contribution < -0.4 is 14.2 Å². The first-order chi connectivity index (χ1) is 16.9. The number of hydrogen-bond acceptors (Lipinski definition) is 7. The molecule has 182 valence electrons. The third-order valence-corrected chi connectivity index (χ3v) is 8.12. The number of likely N-dealkylation sites (tertiary alicyclic amines) is 1. The summed E-state index contributed by atoms with van der Waals surface area (Å²) in [5, 5.41) is 0. The van der Waals surface area contributed by atoms with Gasteiger partial charge in [0.1, 0.15) is 11.9 Å². The Labute approximate surface area is 204 Å². The Bertz CT molecular complexity index is 1240. The van der Waals surface area contributed by atoms with Gasteiger partial charge in [-0.2, -0.15) is 0 Å². The first kappa shape index (κ1) is 22.2. The third kappa shape index (κ3) is 3.36. The molecule has 7 heteroatoms. The van der Waals surface area contributed by atoms with E-state index >= 15 is 0 Å². The summed E-state index contributed by atoms with van der Waals surface area (Å²) in [5.41, 5.74) is 2.88. The molecule has 2 aliphatic carbocycles. The van der Waals surface area contributed by atoms with Crippen LogP contribution in [0.5, 0.6) is 17.2 Å². The second-order valence-electron chi connectivity index (χ2n) is 9.99. The highest BCUT2D eigenvalue weighted by atomic mass is 16.6. The van der Waals surface area contributed by atoms with E-state index in [-0.39, 0.29) is 35.8 Å². The van der Waals surface area contributed by atoms with Gasteiger partial charge in [-0.25, -0.2) is 0 Å². The lowest BCUT2D eigenvalue weighted by Crippen LogP contribution is -2.65. The number of hydrogen-bond donors (Lipinski definition) is 0. The number of likely N-dealkylation sites (N-methyl/N-ethyl adjacent to an activating group) is 1. The van der Waals surface area contributed by atoms with Crippen LogP contribution in [0.2, 0.25) is 0 Å². The maximum atomic E-state index is 13.0. The van der Waals surface area contributed by atoms with Crippen LogP contribution in [0.15, 0.2) is 48.6 Å². The van der Waals surface area contributed by atoms with E-state index in [1.807, 2.05) is 36.4 Å². The summed E-state index contributed by atoms with van der Waals surface area (Å²) in [7, 11) is 3.78. The Morgan fingerprint density at radius 1 is 1.20 bits per heavy atom. The zero-order chi connectivity index (χ0) is 24.3. The summed E-state index contributed by atoms with van der Waals surface area (Å²) in [6.45, 7) is 2.32. The first-order valence-electron chi connectivity index (χ1n) is 12.1. The van der Waals surface area contributed by atoms with Crippen molar-refractivity contribution in [2.24, 2.45) is 5.92 Å². The van der Waals surface area contributed by atoms with Crippen molar-refractivity contribution in [3.8, 4) is 17.2 Å². The minimum absolute atomic E-state index is 0.146. The van der Waals surface area contributed by atoms with E-state index in [2.05, 4.69) is 24.1 Å². The Balaban J connectivity index is 1.35. The van der Waals surface area contributed by atoms with Gasteiger partial charge in [0, 0.05) is 29.9 Å². The van der Waals surface area contributed by atoms with Gasteiger partial charge in [0.15, 0.2) is 17.6 Å². The van der Waals surface area contributed by atoms with Crippen LogP contribution >= 0.6 is 0 Å². The molecule has 1 fully saturated rings. The van der Waals surface area contributed by atoms with Gasteiger partial charge in [-0.3, -0.25) is 9.59 Å². The molecular formula is C28H29NO6. The van der Waals surface area contributed by atoms with Gasteiger partial charge in [-0.05, 0) is 61.8 Å².